The lowest BCUT2D eigenvalue weighted by Crippen LogP contribution is -2.45. The van der Waals surface area contributed by atoms with Crippen LogP contribution in [-0.2, 0) is 4.79 Å². The van der Waals surface area contributed by atoms with Crippen molar-refractivity contribution in [3.05, 3.63) is 35.9 Å². The van der Waals surface area contributed by atoms with E-state index in [1.54, 1.807) is 0 Å². The number of hydrogen-bond acceptors (Lipinski definition) is 2. The highest BCUT2D eigenvalue weighted by Crippen LogP contribution is 2.36. The van der Waals surface area contributed by atoms with Gasteiger partial charge in [0, 0.05) is 6.04 Å². The highest BCUT2D eigenvalue weighted by atomic mass is 16.2. The minimum absolute atomic E-state index is 0.158. The van der Waals surface area contributed by atoms with Crippen molar-refractivity contribution in [3.63, 3.8) is 0 Å². The highest BCUT2D eigenvalue weighted by Gasteiger charge is 2.44. The average Bonchev–Trinajstić information content (AvgIpc) is 3.03. The van der Waals surface area contributed by atoms with Crippen molar-refractivity contribution < 1.29 is 4.79 Å². The third-order valence-corrected chi connectivity index (χ3v) is 4.89. The smallest absolute Gasteiger partial charge is 0.245 e. The molecule has 1 N–H and O–H groups in total. The summed E-state index contributed by atoms with van der Waals surface area (Å²) in [5, 5.41) is 3.53. The zero-order valence-electron chi connectivity index (χ0n) is 12.4. The predicted octanol–water partition coefficient (Wildman–Crippen LogP) is 3.08. The van der Waals surface area contributed by atoms with Gasteiger partial charge in [-0.15, -0.1) is 0 Å². The molecule has 1 aliphatic heterocycles. The van der Waals surface area contributed by atoms with E-state index >= 15 is 0 Å². The first kappa shape index (κ1) is 13.6. The molecule has 1 saturated heterocycles. The van der Waals surface area contributed by atoms with Gasteiger partial charge in [0.15, 0.2) is 0 Å². The molecule has 1 heterocycles. The number of amides is 1. The van der Waals surface area contributed by atoms with E-state index in [2.05, 4.69) is 24.1 Å². The molecule has 2 fully saturated rings. The normalized spacial score (nSPS) is 33.9. The predicted molar refractivity (Wildman–Crippen MR) is 80.0 cm³/mol. The maximum absolute atomic E-state index is 12.9. The molecule has 1 aliphatic carbocycles. The van der Waals surface area contributed by atoms with Gasteiger partial charge in [-0.3, -0.25) is 10.1 Å². The molecule has 1 aromatic rings. The van der Waals surface area contributed by atoms with E-state index < -0.39 is 0 Å². The van der Waals surface area contributed by atoms with Crippen molar-refractivity contribution >= 4 is 5.91 Å². The second-order valence-corrected chi connectivity index (χ2v) is 6.16. The third kappa shape index (κ3) is 2.24. The zero-order chi connectivity index (χ0) is 14.1. The molecular weight excluding hydrogens is 248 g/mol. The van der Waals surface area contributed by atoms with Gasteiger partial charge >= 0.3 is 0 Å². The summed E-state index contributed by atoms with van der Waals surface area (Å²) < 4.78 is 0. The SMILES string of the molecule is CCC1NC(c2ccccc2)C(=O)N1C1CCCC1C. The van der Waals surface area contributed by atoms with Gasteiger partial charge in [0.05, 0.1) is 6.17 Å². The molecular formula is C17H24N2O. The van der Waals surface area contributed by atoms with Crippen molar-refractivity contribution in [1.29, 1.82) is 0 Å². The van der Waals surface area contributed by atoms with Crippen LogP contribution in [-0.4, -0.2) is 23.0 Å². The molecule has 0 spiro atoms. The van der Waals surface area contributed by atoms with Crippen LogP contribution >= 0.6 is 0 Å². The highest BCUT2D eigenvalue weighted by molar-refractivity contribution is 5.86. The molecule has 0 aromatic heterocycles. The van der Waals surface area contributed by atoms with Crippen molar-refractivity contribution in [2.45, 2.75) is 57.8 Å². The summed E-state index contributed by atoms with van der Waals surface area (Å²) in [6.45, 7) is 4.44. The summed E-state index contributed by atoms with van der Waals surface area (Å²) in [4.78, 5) is 15.0. The van der Waals surface area contributed by atoms with Crippen LogP contribution in [0, 0.1) is 5.92 Å². The molecule has 4 atom stereocenters. The average molecular weight is 272 g/mol. The summed E-state index contributed by atoms with van der Waals surface area (Å²) in [6.07, 6.45) is 4.83. The molecule has 108 valence electrons. The van der Waals surface area contributed by atoms with E-state index in [0.717, 1.165) is 18.4 Å². The van der Waals surface area contributed by atoms with Gasteiger partial charge in [-0.1, -0.05) is 50.6 Å². The molecule has 1 amide bonds. The molecule has 1 saturated carbocycles. The van der Waals surface area contributed by atoms with Crippen LogP contribution in [0.3, 0.4) is 0 Å². The van der Waals surface area contributed by atoms with Gasteiger partial charge in [-0.05, 0) is 30.7 Å². The summed E-state index contributed by atoms with van der Waals surface area (Å²) in [6, 6.07) is 10.4. The summed E-state index contributed by atoms with van der Waals surface area (Å²) in [7, 11) is 0. The van der Waals surface area contributed by atoms with E-state index in [9.17, 15) is 4.79 Å². The van der Waals surface area contributed by atoms with Gasteiger partial charge < -0.3 is 4.90 Å². The molecule has 0 radical (unpaired) electrons. The van der Waals surface area contributed by atoms with E-state index in [-0.39, 0.29) is 18.1 Å². The minimum atomic E-state index is -0.158. The Kier molecular flexibility index (Phi) is 3.79. The molecule has 4 unspecified atom stereocenters. The Labute approximate surface area is 121 Å². The van der Waals surface area contributed by atoms with E-state index in [1.807, 2.05) is 30.3 Å². The van der Waals surface area contributed by atoms with Crippen molar-refractivity contribution in [2.75, 3.05) is 0 Å². The molecule has 3 heteroatoms. The van der Waals surface area contributed by atoms with Gasteiger partial charge in [0.1, 0.15) is 6.04 Å². The van der Waals surface area contributed by atoms with Crippen LogP contribution in [0.15, 0.2) is 30.3 Å². The van der Waals surface area contributed by atoms with Gasteiger partial charge in [-0.2, -0.15) is 0 Å². The Morgan fingerprint density at radius 3 is 2.60 bits per heavy atom. The van der Waals surface area contributed by atoms with Crippen molar-refractivity contribution in [1.82, 2.24) is 10.2 Å². The molecule has 20 heavy (non-hydrogen) atoms. The fourth-order valence-corrected chi connectivity index (χ4v) is 3.78. The monoisotopic (exact) mass is 272 g/mol. The van der Waals surface area contributed by atoms with Crippen LogP contribution in [0.4, 0.5) is 0 Å². The van der Waals surface area contributed by atoms with Gasteiger partial charge in [-0.25, -0.2) is 0 Å². The number of nitrogens with one attached hydrogen (secondary N) is 1. The summed E-state index contributed by atoms with van der Waals surface area (Å²) in [5.74, 6) is 0.895. The number of hydrogen-bond donors (Lipinski definition) is 1. The lowest BCUT2D eigenvalue weighted by atomic mass is 10.0. The Morgan fingerprint density at radius 1 is 1.25 bits per heavy atom. The van der Waals surface area contributed by atoms with Crippen LogP contribution in [0.5, 0.6) is 0 Å². The van der Waals surface area contributed by atoms with Crippen LogP contribution < -0.4 is 5.32 Å². The molecule has 2 aliphatic rings. The third-order valence-electron chi connectivity index (χ3n) is 4.89. The second kappa shape index (κ2) is 5.57. The lowest BCUT2D eigenvalue weighted by molar-refractivity contribution is -0.133. The largest absolute Gasteiger partial charge is 0.322 e. The van der Waals surface area contributed by atoms with Crippen molar-refractivity contribution in [3.8, 4) is 0 Å². The Bertz CT molecular complexity index is 473. The fraction of sp³-hybridized carbons (Fsp3) is 0.588. The number of rotatable bonds is 3. The molecule has 3 nitrogen and oxygen atoms in total. The standard InChI is InChI=1S/C17H24N2O/c1-3-15-18-16(13-9-5-4-6-10-13)17(20)19(15)14-11-7-8-12(14)2/h4-6,9-10,12,14-16,18H,3,7-8,11H2,1-2H3. The van der Waals surface area contributed by atoms with Crippen molar-refractivity contribution in [2.24, 2.45) is 5.92 Å². The van der Waals surface area contributed by atoms with Crippen LogP contribution in [0.2, 0.25) is 0 Å². The first-order valence-electron chi connectivity index (χ1n) is 7.85. The number of benzene rings is 1. The lowest BCUT2D eigenvalue weighted by Gasteiger charge is -2.32. The first-order chi connectivity index (χ1) is 9.72. The van der Waals surface area contributed by atoms with E-state index in [1.165, 1.54) is 12.8 Å². The number of carbonyl (C=O) groups excluding carboxylic acids is 1. The first-order valence-corrected chi connectivity index (χ1v) is 7.85. The number of nitrogens with zero attached hydrogens (tertiary/aromatic N) is 1. The maximum Gasteiger partial charge on any atom is 0.245 e. The molecule has 3 rings (SSSR count). The Morgan fingerprint density at radius 2 is 2.00 bits per heavy atom. The minimum Gasteiger partial charge on any atom is -0.322 e. The molecule has 0 bridgehead atoms. The topological polar surface area (TPSA) is 32.3 Å². The van der Waals surface area contributed by atoms with Gasteiger partial charge in [0.2, 0.25) is 5.91 Å². The maximum atomic E-state index is 12.9. The molecule has 1 aromatic carbocycles. The second-order valence-electron chi connectivity index (χ2n) is 6.16. The van der Waals surface area contributed by atoms with Crippen LogP contribution in [0.1, 0.15) is 51.1 Å². The van der Waals surface area contributed by atoms with Gasteiger partial charge in [0.25, 0.3) is 0 Å². The van der Waals surface area contributed by atoms with E-state index in [4.69, 9.17) is 0 Å². The summed E-state index contributed by atoms with van der Waals surface area (Å²) in [5.41, 5.74) is 1.09. The zero-order valence-corrected chi connectivity index (χ0v) is 12.4. The quantitative estimate of drug-likeness (QED) is 0.917. The van der Waals surface area contributed by atoms with E-state index in [0.29, 0.717) is 12.0 Å². The summed E-state index contributed by atoms with van der Waals surface area (Å²) >= 11 is 0. The Hall–Kier alpha value is -1.35. The Balaban J connectivity index is 1.86. The fourth-order valence-electron chi connectivity index (χ4n) is 3.78. The number of carbonyl (C=O) groups is 1. The van der Waals surface area contributed by atoms with Crippen LogP contribution in [0.25, 0.3) is 0 Å².